The van der Waals surface area contributed by atoms with Crippen LogP contribution in [0.3, 0.4) is 0 Å². The monoisotopic (exact) mass is 262 g/mol. The minimum atomic E-state index is 0.280. The van der Waals surface area contributed by atoms with Crippen molar-refractivity contribution in [3.8, 4) is 5.75 Å². The predicted molar refractivity (Wildman–Crippen MR) is 54.4 cm³/mol. The van der Waals surface area contributed by atoms with Crippen LogP contribution in [-0.4, -0.2) is 19.3 Å². The summed E-state index contributed by atoms with van der Waals surface area (Å²) < 4.78 is 11.3. The second-order valence-corrected chi connectivity index (χ2v) is 4.10. The fourth-order valence-corrected chi connectivity index (χ4v) is 1.34. The highest BCUT2D eigenvalue weighted by atomic mass is 79.9. The van der Waals surface area contributed by atoms with Crippen molar-refractivity contribution in [2.45, 2.75) is 6.10 Å². The predicted octanol–water partition coefficient (Wildman–Crippen LogP) is 2.88. The molecule has 1 aliphatic rings. The molecule has 1 aromatic rings. The van der Waals surface area contributed by atoms with E-state index in [4.69, 9.17) is 21.1 Å². The third-order valence-corrected chi connectivity index (χ3v) is 2.96. The van der Waals surface area contributed by atoms with E-state index >= 15 is 0 Å². The van der Waals surface area contributed by atoms with Gasteiger partial charge in [0.2, 0.25) is 0 Å². The summed E-state index contributed by atoms with van der Waals surface area (Å²) >= 11 is 9.20. The molecule has 0 saturated carbocycles. The summed E-state index contributed by atoms with van der Waals surface area (Å²) in [4.78, 5) is 0. The van der Waals surface area contributed by atoms with Crippen molar-refractivity contribution in [2.75, 3.05) is 13.2 Å². The minimum absolute atomic E-state index is 0.280. The van der Waals surface area contributed by atoms with Crippen molar-refractivity contribution in [3.05, 3.63) is 27.7 Å². The number of halogens is 2. The van der Waals surface area contributed by atoms with E-state index in [1.807, 2.05) is 12.1 Å². The molecule has 0 aliphatic carbocycles. The fraction of sp³-hybridized carbons (Fsp3) is 0.333. The van der Waals surface area contributed by atoms with E-state index in [-0.39, 0.29) is 6.10 Å². The van der Waals surface area contributed by atoms with E-state index in [9.17, 15) is 0 Å². The van der Waals surface area contributed by atoms with Gasteiger partial charge < -0.3 is 9.47 Å². The molecule has 1 aromatic carbocycles. The second-order valence-electron chi connectivity index (χ2n) is 2.84. The molecule has 0 N–H and O–H groups in total. The Kier molecular flexibility index (Phi) is 2.77. The topological polar surface area (TPSA) is 21.8 Å². The van der Waals surface area contributed by atoms with Crippen LogP contribution in [0.15, 0.2) is 22.7 Å². The third kappa shape index (κ3) is 2.59. The summed E-state index contributed by atoms with van der Waals surface area (Å²) in [5.74, 6) is 0.781. The lowest BCUT2D eigenvalue weighted by molar-refractivity contribution is 0.263. The fourth-order valence-electron chi connectivity index (χ4n) is 0.920. The van der Waals surface area contributed by atoms with Gasteiger partial charge >= 0.3 is 0 Å². The van der Waals surface area contributed by atoms with Gasteiger partial charge in [0.15, 0.2) is 0 Å². The molecule has 0 spiro atoms. The molecule has 1 atom stereocenters. The zero-order valence-corrected chi connectivity index (χ0v) is 9.14. The lowest BCUT2D eigenvalue weighted by Gasteiger charge is -2.04. The van der Waals surface area contributed by atoms with Gasteiger partial charge in [-0.1, -0.05) is 11.6 Å². The molecule has 0 unspecified atom stereocenters. The van der Waals surface area contributed by atoms with E-state index in [2.05, 4.69) is 15.9 Å². The van der Waals surface area contributed by atoms with E-state index in [0.717, 1.165) is 16.8 Å². The maximum Gasteiger partial charge on any atom is 0.121 e. The Bertz CT molecular complexity index is 312. The largest absolute Gasteiger partial charge is 0.491 e. The molecule has 1 aliphatic heterocycles. The lowest BCUT2D eigenvalue weighted by atomic mass is 10.3. The van der Waals surface area contributed by atoms with E-state index < -0.39 is 0 Å². The molecule has 0 radical (unpaired) electrons. The van der Waals surface area contributed by atoms with Gasteiger partial charge in [0, 0.05) is 4.47 Å². The van der Waals surface area contributed by atoms with Crippen molar-refractivity contribution >= 4 is 27.5 Å². The number of ether oxygens (including phenoxy) is 2. The highest BCUT2D eigenvalue weighted by Gasteiger charge is 2.23. The SMILES string of the molecule is Clc1cc(OC[C@@H]2CO2)ccc1Br. The van der Waals surface area contributed by atoms with Crippen LogP contribution in [-0.2, 0) is 4.74 Å². The van der Waals surface area contributed by atoms with Crippen LogP contribution in [0.4, 0.5) is 0 Å². The van der Waals surface area contributed by atoms with Crippen molar-refractivity contribution < 1.29 is 9.47 Å². The maximum absolute atomic E-state index is 5.89. The Morgan fingerprint density at radius 2 is 2.38 bits per heavy atom. The van der Waals surface area contributed by atoms with Crippen LogP contribution in [0.1, 0.15) is 0 Å². The Balaban J connectivity index is 1.98. The number of hydrogen-bond donors (Lipinski definition) is 0. The molecule has 1 heterocycles. The van der Waals surface area contributed by atoms with Crippen LogP contribution in [0.5, 0.6) is 5.75 Å². The Morgan fingerprint density at radius 1 is 1.62 bits per heavy atom. The molecule has 1 saturated heterocycles. The molecular formula is C9H8BrClO2. The molecule has 2 rings (SSSR count). The van der Waals surface area contributed by atoms with Gasteiger partial charge in [-0.3, -0.25) is 0 Å². The number of hydrogen-bond acceptors (Lipinski definition) is 2. The van der Waals surface area contributed by atoms with Crippen LogP contribution in [0, 0.1) is 0 Å². The molecular weight excluding hydrogens is 255 g/mol. The standard InChI is InChI=1S/C9H8BrClO2/c10-8-2-1-6(3-9(8)11)12-4-7-5-13-7/h1-3,7H,4-5H2/t7-/m1/s1. The van der Waals surface area contributed by atoms with E-state index in [0.29, 0.717) is 11.6 Å². The average Bonchev–Trinajstić information content (AvgIpc) is 2.91. The summed E-state index contributed by atoms with van der Waals surface area (Å²) in [6, 6.07) is 5.53. The third-order valence-electron chi connectivity index (χ3n) is 1.73. The van der Waals surface area contributed by atoms with Gasteiger partial charge in [-0.25, -0.2) is 0 Å². The quantitative estimate of drug-likeness (QED) is 0.782. The summed E-state index contributed by atoms with van der Waals surface area (Å²) in [7, 11) is 0. The summed E-state index contributed by atoms with van der Waals surface area (Å²) in [5, 5.41) is 0.661. The molecule has 70 valence electrons. The number of rotatable bonds is 3. The maximum atomic E-state index is 5.89. The average molecular weight is 264 g/mol. The van der Waals surface area contributed by atoms with Gasteiger partial charge in [0.05, 0.1) is 11.6 Å². The first-order valence-electron chi connectivity index (χ1n) is 3.95. The van der Waals surface area contributed by atoms with Gasteiger partial charge in [-0.2, -0.15) is 0 Å². The molecule has 1 fully saturated rings. The van der Waals surface area contributed by atoms with E-state index in [1.165, 1.54) is 0 Å². The molecule has 13 heavy (non-hydrogen) atoms. The van der Waals surface area contributed by atoms with Crippen molar-refractivity contribution in [3.63, 3.8) is 0 Å². The highest BCUT2D eigenvalue weighted by Crippen LogP contribution is 2.27. The Hall–Kier alpha value is -0.250. The normalized spacial score (nSPS) is 20.0. The van der Waals surface area contributed by atoms with Crippen LogP contribution >= 0.6 is 27.5 Å². The van der Waals surface area contributed by atoms with Gasteiger partial charge in [0.25, 0.3) is 0 Å². The minimum Gasteiger partial charge on any atom is -0.491 e. The van der Waals surface area contributed by atoms with Crippen LogP contribution < -0.4 is 4.74 Å². The van der Waals surface area contributed by atoms with Crippen LogP contribution in [0.25, 0.3) is 0 Å². The summed E-state index contributed by atoms with van der Waals surface area (Å²) in [5.41, 5.74) is 0. The molecule has 2 nitrogen and oxygen atoms in total. The first kappa shape index (κ1) is 9.31. The number of epoxide rings is 1. The Morgan fingerprint density at radius 3 is 3.00 bits per heavy atom. The van der Waals surface area contributed by atoms with Crippen molar-refractivity contribution in [1.82, 2.24) is 0 Å². The van der Waals surface area contributed by atoms with E-state index in [1.54, 1.807) is 6.07 Å². The van der Waals surface area contributed by atoms with Gasteiger partial charge in [-0.05, 0) is 34.1 Å². The molecule has 0 bridgehead atoms. The van der Waals surface area contributed by atoms with Gasteiger partial charge in [-0.15, -0.1) is 0 Å². The lowest BCUT2D eigenvalue weighted by Crippen LogP contribution is -2.03. The highest BCUT2D eigenvalue weighted by molar-refractivity contribution is 9.10. The molecule has 0 aromatic heterocycles. The second kappa shape index (κ2) is 3.86. The van der Waals surface area contributed by atoms with Gasteiger partial charge in [0.1, 0.15) is 18.5 Å². The zero-order chi connectivity index (χ0) is 9.26. The van der Waals surface area contributed by atoms with Crippen molar-refractivity contribution in [2.24, 2.45) is 0 Å². The van der Waals surface area contributed by atoms with Crippen molar-refractivity contribution in [1.29, 1.82) is 0 Å². The summed E-state index contributed by atoms with van der Waals surface area (Å²) in [6.07, 6.45) is 0.280. The smallest absolute Gasteiger partial charge is 0.121 e. The zero-order valence-electron chi connectivity index (χ0n) is 6.80. The summed E-state index contributed by atoms with van der Waals surface area (Å²) in [6.45, 7) is 1.42. The molecule has 4 heteroatoms. The Labute approximate surface area is 89.9 Å². The first-order valence-corrected chi connectivity index (χ1v) is 5.12. The van der Waals surface area contributed by atoms with Crippen LogP contribution in [0.2, 0.25) is 5.02 Å². The first-order chi connectivity index (χ1) is 6.25. The number of benzene rings is 1. The molecule has 0 amide bonds.